The Morgan fingerprint density at radius 3 is 2.50 bits per heavy atom. The van der Waals surface area contributed by atoms with Gasteiger partial charge in [0, 0.05) is 55.0 Å². The Labute approximate surface area is 233 Å². The number of hydrogen-bond donors (Lipinski definition) is 2. The number of hydrogen-bond acceptors (Lipinski definition) is 10. The van der Waals surface area contributed by atoms with Crippen molar-refractivity contribution in [2.75, 3.05) is 24.7 Å². The Balaban J connectivity index is 1.23. The van der Waals surface area contributed by atoms with E-state index in [0.717, 1.165) is 46.7 Å². The molecular formula is C27H34N10O2S. The number of anilines is 3. The van der Waals surface area contributed by atoms with E-state index in [9.17, 15) is 8.42 Å². The fourth-order valence-electron chi connectivity index (χ4n) is 5.14. The summed E-state index contributed by atoms with van der Waals surface area (Å²) in [6.07, 6.45) is 14.2. The van der Waals surface area contributed by atoms with Crippen molar-refractivity contribution in [1.82, 2.24) is 38.8 Å². The SMILES string of the molecule is CN(C)C1CCC(Nc2cc(Nc3ccnc(-c4cnn(S(=O)(=O)C5CC5)c4)n3)ncc2-c2ccn(C)n2)CC1. The van der Waals surface area contributed by atoms with Crippen LogP contribution in [0.5, 0.6) is 0 Å². The maximum Gasteiger partial charge on any atom is 0.256 e. The van der Waals surface area contributed by atoms with Crippen LogP contribution in [0.25, 0.3) is 22.6 Å². The minimum atomic E-state index is -3.45. The first-order chi connectivity index (χ1) is 19.3. The highest BCUT2D eigenvalue weighted by Crippen LogP contribution is 2.33. The van der Waals surface area contributed by atoms with Crippen LogP contribution in [0.15, 0.2) is 49.2 Å². The van der Waals surface area contributed by atoms with Crippen LogP contribution in [-0.4, -0.2) is 78.7 Å². The van der Waals surface area contributed by atoms with Crippen molar-refractivity contribution in [3.05, 3.63) is 49.2 Å². The van der Waals surface area contributed by atoms with Crippen LogP contribution in [0, 0.1) is 0 Å². The minimum absolute atomic E-state index is 0.347. The lowest BCUT2D eigenvalue weighted by Gasteiger charge is -2.33. The first-order valence-corrected chi connectivity index (χ1v) is 15.1. The van der Waals surface area contributed by atoms with E-state index in [1.165, 1.54) is 12.4 Å². The van der Waals surface area contributed by atoms with Crippen molar-refractivity contribution in [2.45, 2.75) is 55.9 Å². The van der Waals surface area contributed by atoms with Gasteiger partial charge in [0.25, 0.3) is 10.0 Å². The van der Waals surface area contributed by atoms with E-state index in [4.69, 9.17) is 0 Å². The van der Waals surface area contributed by atoms with Crippen molar-refractivity contribution in [3.8, 4) is 22.6 Å². The summed E-state index contributed by atoms with van der Waals surface area (Å²) in [5.74, 6) is 1.54. The fourth-order valence-corrected chi connectivity index (χ4v) is 6.62. The molecule has 2 N–H and O–H groups in total. The van der Waals surface area contributed by atoms with Gasteiger partial charge in [0.05, 0.1) is 28.9 Å². The zero-order valence-corrected chi connectivity index (χ0v) is 23.7. The van der Waals surface area contributed by atoms with Crippen LogP contribution in [0.1, 0.15) is 38.5 Å². The molecule has 0 spiro atoms. The van der Waals surface area contributed by atoms with Gasteiger partial charge in [-0.3, -0.25) is 4.68 Å². The van der Waals surface area contributed by atoms with Crippen LogP contribution < -0.4 is 10.6 Å². The molecule has 0 atom stereocenters. The summed E-state index contributed by atoms with van der Waals surface area (Å²) >= 11 is 0. The van der Waals surface area contributed by atoms with E-state index in [2.05, 4.69) is 54.8 Å². The van der Waals surface area contributed by atoms with E-state index in [1.54, 1.807) is 16.9 Å². The molecule has 0 aliphatic heterocycles. The molecule has 0 amide bonds. The second-order valence-electron chi connectivity index (χ2n) is 10.8. The highest BCUT2D eigenvalue weighted by atomic mass is 32.2. The first kappa shape index (κ1) is 26.4. The predicted octanol–water partition coefficient (Wildman–Crippen LogP) is 3.50. The van der Waals surface area contributed by atoms with E-state index >= 15 is 0 Å². The summed E-state index contributed by atoms with van der Waals surface area (Å²) in [5.41, 5.74) is 3.29. The summed E-state index contributed by atoms with van der Waals surface area (Å²) in [6, 6.07) is 6.71. The average Bonchev–Trinajstić information content (AvgIpc) is 3.53. The van der Waals surface area contributed by atoms with Gasteiger partial charge in [0.1, 0.15) is 11.6 Å². The average molecular weight is 563 g/mol. The molecule has 6 rings (SSSR count). The van der Waals surface area contributed by atoms with Crippen molar-refractivity contribution < 1.29 is 8.42 Å². The minimum Gasteiger partial charge on any atom is -0.382 e. The predicted molar refractivity (Wildman–Crippen MR) is 154 cm³/mol. The third-order valence-corrected chi connectivity index (χ3v) is 9.65. The summed E-state index contributed by atoms with van der Waals surface area (Å²) < 4.78 is 27.9. The van der Waals surface area contributed by atoms with Gasteiger partial charge in [-0.1, -0.05) is 0 Å². The first-order valence-electron chi connectivity index (χ1n) is 13.6. The van der Waals surface area contributed by atoms with Gasteiger partial charge in [-0.15, -0.1) is 0 Å². The van der Waals surface area contributed by atoms with Crippen LogP contribution in [0.2, 0.25) is 0 Å². The summed E-state index contributed by atoms with van der Waals surface area (Å²) in [4.78, 5) is 15.9. The van der Waals surface area contributed by atoms with E-state index in [-0.39, 0.29) is 5.25 Å². The van der Waals surface area contributed by atoms with Gasteiger partial charge in [-0.05, 0) is 64.8 Å². The van der Waals surface area contributed by atoms with Gasteiger partial charge in [-0.25, -0.2) is 23.4 Å². The van der Waals surface area contributed by atoms with E-state index in [1.807, 2.05) is 31.6 Å². The Morgan fingerprint density at radius 2 is 1.80 bits per heavy atom. The molecule has 4 aromatic heterocycles. The van der Waals surface area contributed by atoms with Gasteiger partial charge in [0.2, 0.25) is 0 Å². The number of nitrogens with zero attached hydrogens (tertiary/aromatic N) is 8. The molecule has 0 bridgehead atoms. The van der Waals surface area contributed by atoms with Gasteiger partial charge in [-0.2, -0.15) is 14.3 Å². The smallest absolute Gasteiger partial charge is 0.256 e. The second-order valence-corrected chi connectivity index (χ2v) is 12.9. The molecule has 210 valence electrons. The summed E-state index contributed by atoms with van der Waals surface area (Å²) in [6.45, 7) is 0. The van der Waals surface area contributed by atoms with Crippen LogP contribution in [0.4, 0.5) is 17.3 Å². The summed E-state index contributed by atoms with van der Waals surface area (Å²) in [5, 5.41) is 15.4. The molecule has 12 nitrogen and oxygen atoms in total. The molecule has 2 fully saturated rings. The molecule has 2 aliphatic rings. The standard InChI is InChI=1S/C27H34N10O2S/c1-35(2)20-6-4-19(5-7-20)31-24-14-26(29-16-22(24)23-11-13-36(3)34-23)32-25-10-12-28-27(33-25)18-15-30-37(17-18)40(38,39)21-8-9-21/h10-17,19-21H,4-9H2,1-3H3,(H2,28,29,31,32,33). The lowest BCUT2D eigenvalue weighted by molar-refractivity contribution is 0.221. The van der Waals surface area contributed by atoms with Gasteiger partial charge < -0.3 is 15.5 Å². The molecule has 2 saturated carbocycles. The normalized spacial score (nSPS) is 19.6. The van der Waals surface area contributed by atoms with Crippen LogP contribution in [0.3, 0.4) is 0 Å². The molecule has 4 heterocycles. The molecule has 13 heteroatoms. The Kier molecular flexibility index (Phi) is 7.00. The number of aromatic nitrogens is 7. The van der Waals surface area contributed by atoms with Crippen molar-refractivity contribution >= 4 is 27.3 Å². The molecule has 40 heavy (non-hydrogen) atoms. The van der Waals surface area contributed by atoms with Crippen LogP contribution >= 0.6 is 0 Å². The topological polar surface area (TPSA) is 136 Å². The van der Waals surface area contributed by atoms with Crippen molar-refractivity contribution in [3.63, 3.8) is 0 Å². The van der Waals surface area contributed by atoms with Crippen LogP contribution in [-0.2, 0) is 17.1 Å². The Bertz CT molecular complexity index is 1600. The lowest BCUT2D eigenvalue weighted by Crippen LogP contribution is -2.36. The highest BCUT2D eigenvalue weighted by molar-refractivity contribution is 7.90. The molecule has 0 radical (unpaired) electrons. The molecule has 4 aromatic rings. The highest BCUT2D eigenvalue weighted by Gasteiger charge is 2.37. The van der Waals surface area contributed by atoms with Crippen molar-refractivity contribution in [2.24, 2.45) is 7.05 Å². The van der Waals surface area contributed by atoms with E-state index in [0.29, 0.717) is 47.9 Å². The third-order valence-electron chi connectivity index (χ3n) is 7.62. The quantitative estimate of drug-likeness (QED) is 0.312. The molecule has 0 saturated heterocycles. The Morgan fingerprint density at radius 1 is 1.00 bits per heavy atom. The number of pyridine rings is 1. The zero-order chi connectivity index (χ0) is 27.9. The van der Waals surface area contributed by atoms with Gasteiger partial charge >= 0.3 is 0 Å². The monoisotopic (exact) mass is 562 g/mol. The fraction of sp³-hybridized carbons (Fsp3) is 0.444. The third kappa shape index (κ3) is 5.56. The second kappa shape index (κ2) is 10.6. The number of nitrogens with one attached hydrogen (secondary N) is 2. The van der Waals surface area contributed by atoms with Gasteiger partial charge in [0.15, 0.2) is 5.82 Å². The Hall–Kier alpha value is -3.84. The zero-order valence-electron chi connectivity index (χ0n) is 22.9. The molecular weight excluding hydrogens is 528 g/mol. The largest absolute Gasteiger partial charge is 0.382 e. The maximum absolute atomic E-state index is 12.5. The molecule has 2 aliphatic carbocycles. The number of aryl methyl sites for hydroxylation is 1. The maximum atomic E-state index is 12.5. The molecule has 0 aromatic carbocycles. The lowest BCUT2D eigenvalue weighted by atomic mass is 9.90. The van der Waals surface area contributed by atoms with Crippen molar-refractivity contribution in [1.29, 1.82) is 0 Å². The van der Waals surface area contributed by atoms with E-state index < -0.39 is 10.0 Å². The molecule has 0 unspecified atom stereocenters. The number of rotatable bonds is 9. The summed E-state index contributed by atoms with van der Waals surface area (Å²) in [7, 11) is 2.75.